The molecular formula is C19H22N2O. The molecule has 2 aromatic carbocycles. The molecule has 0 saturated carbocycles. The van der Waals surface area contributed by atoms with Crippen LogP contribution in [0.1, 0.15) is 22.6 Å². The number of nitrogens with one attached hydrogen (secondary N) is 2. The average Bonchev–Trinajstić information content (AvgIpc) is 3.03. The molecule has 3 nitrogen and oxygen atoms in total. The van der Waals surface area contributed by atoms with Crippen LogP contribution in [-0.2, 0) is 11.3 Å². The molecule has 114 valence electrons. The van der Waals surface area contributed by atoms with Gasteiger partial charge in [-0.3, -0.25) is 4.79 Å². The maximum absolute atomic E-state index is 12.6. The van der Waals surface area contributed by atoms with Crippen LogP contribution in [0.25, 0.3) is 0 Å². The zero-order valence-corrected chi connectivity index (χ0v) is 12.9. The minimum absolute atomic E-state index is 0.00446. The van der Waals surface area contributed by atoms with Gasteiger partial charge in [-0.05, 0) is 23.6 Å². The fraction of sp³-hybridized carbons (Fsp3) is 0.316. The summed E-state index contributed by atoms with van der Waals surface area (Å²) in [7, 11) is 0. The Hall–Kier alpha value is -2.13. The summed E-state index contributed by atoms with van der Waals surface area (Å²) < 4.78 is 0. The number of rotatable bonds is 4. The van der Waals surface area contributed by atoms with Gasteiger partial charge in [-0.2, -0.15) is 0 Å². The first kappa shape index (κ1) is 14.8. The van der Waals surface area contributed by atoms with Crippen molar-refractivity contribution in [2.45, 2.75) is 19.4 Å². The van der Waals surface area contributed by atoms with Gasteiger partial charge in [0.25, 0.3) is 0 Å². The zero-order valence-electron chi connectivity index (χ0n) is 12.9. The van der Waals surface area contributed by atoms with Gasteiger partial charge >= 0.3 is 0 Å². The second kappa shape index (κ2) is 6.75. The van der Waals surface area contributed by atoms with E-state index in [0.717, 1.165) is 18.7 Å². The molecule has 3 rings (SSSR count). The predicted octanol–water partition coefficient (Wildman–Crippen LogP) is 2.61. The van der Waals surface area contributed by atoms with Crippen molar-refractivity contribution >= 4 is 5.91 Å². The molecule has 3 heteroatoms. The zero-order chi connectivity index (χ0) is 15.4. The first-order valence-electron chi connectivity index (χ1n) is 7.83. The highest BCUT2D eigenvalue weighted by Crippen LogP contribution is 2.30. The lowest BCUT2D eigenvalue weighted by Gasteiger charge is -2.20. The molecule has 1 aliphatic heterocycles. The maximum Gasteiger partial charge on any atom is 0.225 e. The molecule has 2 atom stereocenters. The van der Waals surface area contributed by atoms with E-state index in [1.807, 2.05) is 36.4 Å². The van der Waals surface area contributed by atoms with E-state index in [0.29, 0.717) is 6.54 Å². The van der Waals surface area contributed by atoms with Gasteiger partial charge in [0.2, 0.25) is 5.91 Å². The molecule has 0 spiro atoms. The summed E-state index contributed by atoms with van der Waals surface area (Å²) >= 11 is 0. The standard InChI is InChI=1S/C19H22N2O/c1-14-7-5-6-10-16(14)17-12-20-13-18(17)19(22)21-11-15-8-3-2-4-9-15/h2-10,17-18,20H,11-13H2,1H3,(H,21,22). The number of amides is 1. The van der Waals surface area contributed by atoms with Crippen LogP contribution in [0.15, 0.2) is 54.6 Å². The van der Waals surface area contributed by atoms with Crippen molar-refractivity contribution in [3.8, 4) is 0 Å². The summed E-state index contributed by atoms with van der Waals surface area (Å²) in [6.07, 6.45) is 0. The van der Waals surface area contributed by atoms with E-state index in [-0.39, 0.29) is 17.7 Å². The SMILES string of the molecule is Cc1ccccc1C1CNCC1C(=O)NCc1ccccc1. The van der Waals surface area contributed by atoms with Crippen LogP contribution >= 0.6 is 0 Å². The summed E-state index contributed by atoms with van der Waals surface area (Å²) in [5, 5.41) is 6.45. The van der Waals surface area contributed by atoms with Gasteiger partial charge in [-0.25, -0.2) is 0 Å². The Morgan fingerprint density at radius 1 is 1.09 bits per heavy atom. The molecule has 0 aliphatic carbocycles. The Kier molecular flexibility index (Phi) is 4.54. The van der Waals surface area contributed by atoms with E-state index in [4.69, 9.17) is 0 Å². The second-order valence-corrected chi connectivity index (χ2v) is 5.93. The monoisotopic (exact) mass is 294 g/mol. The number of hydrogen-bond donors (Lipinski definition) is 2. The van der Waals surface area contributed by atoms with Crippen LogP contribution in [0.5, 0.6) is 0 Å². The molecule has 2 unspecified atom stereocenters. The Labute approximate surface area is 131 Å². The summed E-state index contributed by atoms with van der Waals surface area (Å²) in [5.41, 5.74) is 3.68. The van der Waals surface area contributed by atoms with E-state index in [1.165, 1.54) is 11.1 Å². The smallest absolute Gasteiger partial charge is 0.225 e. The van der Waals surface area contributed by atoms with Gasteiger partial charge in [-0.15, -0.1) is 0 Å². The molecule has 1 saturated heterocycles. The molecule has 2 aromatic rings. The Morgan fingerprint density at radius 2 is 1.82 bits per heavy atom. The van der Waals surface area contributed by atoms with E-state index in [9.17, 15) is 4.79 Å². The van der Waals surface area contributed by atoms with E-state index >= 15 is 0 Å². The number of aryl methyl sites for hydroxylation is 1. The third-order valence-corrected chi connectivity index (χ3v) is 4.45. The van der Waals surface area contributed by atoms with Crippen LogP contribution in [0, 0.1) is 12.8 Å². The summed E-state index contributed by atoms with van der Waals surface area (Å²) in [4.78, 5) is 12.6. The lowest BCUT2D eigenvalue weighted by molar-refractivity contribution is -0.125. The summed E-state index contributed by atoms with van der Waals surface area (Å²) in [6, 6.07) is 18.4. The Balaban J connectivity index is 1.68. The molecule has 1 aliphatic rings. The molecule has 0 aromatic heterocycles. The molecule has 1 heterocycles. The fourth-order valence-electron chi connectivity index (χ4n) is 3.20. The highest BCUT2D eigenvalue weighted by Gasteiger charge is 2.34. The van der Waals surface area contributed by atoms with Gasteiger partial charge in [0, 0.05) is 25.6 Å². The second-order valence-electron chi connectivity index (χ2n) is 5.93. The van der Waals surface area contributed by atoms with Crippen molar-refractivity contribution in [3.05, 3.63) is 71.3 Å². The first-order chi connectivity index (χ1) is 10.8. The highest BCUT2D eigenvalue weighted by atomic mass is 16.1. The van der Waals surface area contributed by atoms with Crippen molar-refractivity contribution in [1.82, 2.24) is 10.6 Å². The molecule has 22 heavy (non-hydrogen) atoms. The van der Waals surface area contributed by atoms with Crippen molar-refractivity contribution in [2.75, 3.05) is 13.1 Å². The molecule has 2 N–H and O–H groups in total. The molecule has 0 bridgehead atoms. The van der Waals surface area contributed by atoms with Gasteiger partial charge in [-0.1, -0.05) is 54.6 Å². The molecule has 1 fully saturated rings. The Morgan fingerprint density at radius 3 is 2.59 bits per heavy atom. The van der Waals surface area contributed by atoms with Crippen molar-refractivity contribution < 1.29 is 4.79 Å². The predicted molar refractivity (Wildman–Crippen MR) is 88.6 cm³/mol. The van der Waals surface area contributed by atoms with E-state index < -0.39 is 0 Å². The lowest BCUT2D eigenvalue weighted by Crippen LogP contribution is -2.34. The van der Waals surface area contributed by atoms with Gasteiger partial charge in [0.15, 0.2) is 0 Å². The van der Waals surface area contributed by atoms with Crippen LogP contribution in [0.3, 0.4) is 0 Å². The minimum Gasteiger partial charge on any atom is -0.352 e. The lowest BCUT2D eigenvalue weighted by atomic mass is 9.86. The van der Waals surface area contributed by atoms with Crippen molar-refractivity contribution in [3.63, 3.8) is 0 Å². The molecule has 0 radical (unpaired) electrons. The number of carbonyl (C=O) groups excluding carboxylic acids is 1. The van der Waals surface area contributed by atoms with E-state index in [2.05, 4.69) is 35.8 Å². The number of carbonyl (C=O) groups is 1. The minimum atomic E-state index is 0.00446. The van der Waals surface area contributed by atoms with Crippen molar-refractivity contribution in [2.24, 2.45) is 5.92 Å². The number of benzene rings is 2. The van der Waals surface area contributed by atoms with Crippen LogP contribution in [0.4, 0.5) is 0 Å². The highest BCUT2D eigenvalue weighted by molar-refractivity contribution is 5.80. The molecular weight excluding hydrogens is 272 g/mol. The van der Waals surface area contributed by atoms with Gasteiger partial charge in [0.1, 0.15) is 0 Å². The number of hydrogen-bond acceptors (Lipinski definition) is 2. The average molecular weight is 294 g/mol. The normalized spacial score (nSPS) is 20.8. The maximum atomic E-state index is 12.6. The first-order valence-corrected chi connectivity index (χ1v) is 7.83. The topological polar surface area (TPSA) is 41.1 Å². The summed E-state index contributed by atoms with van der Waals surface area (Å²) in [5.74, 6) is 0.406. The van der Waals surface area contributed by atoms with Crippen LogP contribution < -0.4 is 10.6 Å². The summed E-state index contributed by atoms with van der Waals surface area (Å²) in [6.45, 7) is 4.33. The third-order valence-electron chi connectivity index (χ3n) is 4.45. The van der Waals surface area contributed by atoms with E-state index in [1.54, 1.807) is 0 Å². The van der Waals surface area contributed by atoms with Gasteiger partial charge in [0.05, 0.1) is 5.92 Å². The molecule has 1 amide bonds. The largest absolute Gasteiger partial charge is 0.352 e. The van der Waals surface area contributed by atoms with Crippen molar-refractivity contribution in [1.29, 1.82) is 0 Å². The van der Waals surface area contributed by atoms with Crippen LogP contribution in [0.2, 0.25) is 0 Å². The van der Waals surface area contributed by atoms with Gasteiger partial charge < -0.3 is 10.6 Å². The quantitative estimate of drug-likeness (QED) is 0.910. The fourth-order valence-corrected chi connectivity index (χ4v) is 3.20. The van der Waals surface area contributed by atoms with Crippen LogP contribution in [-0.4, -0.2) is 19.0 Å². The Bertz CT molecular complexity index is 639. The third kappa shape index (κ3) is 3.20.